The first-order valence-corrected chi connectivity index (χ1v) is 2.21. The molecule has 0 fully saturated rings. The molecule has 0 aromatic carbocycles. The van der Waals surface area contributed by atoms with Crippen LogP contribution >= 0.6 is 15.9 Å². The number of hydrogen-bond acceptors (Lipinski definition) is 2. The van der Waals surface area contributed by atoms with Gasteiger partial charge >= 0.3 is 5.97 Å². The van der Waals surface area contributed by atoms with Crippen LogP contribution in [-0.4, -0.2) is 16.2 Å². The van der Waals surface area contributed by atoms with E-state index in [4.69, 9.17) is 10.2 Å². The van der Waals surface area contributed by atoms with Gasteiger partial charge in [0.2, 0.25) is 0 Å². The van der Waals surface area contributed by atoms with E-state index in [1.54, 1.807) is 0 Å². The molecule has 0 aromatic rings. The highest BCUT2D eigenvalue weighted by Crippen LogP contribution is 2.00. The molecule has 0 aliphatic rings. The summed E-state index contributed by atoms with van der Waals surface area (Å²) in [6.07, 6.45) is 0.475. The zero-order chi connectivity index (χ0) is 5.86. The van der Waals surface area contributed by atoms with Gasteiger partial charge in [-0.25, -0.2) is 4.79 Å². The van der Waals surface area contributed by atoms with Crippen molar-refractivity contribution in [2.24, 2.45) is 0 Å². The molecule has 2 N–H and O–H groups in total. The smallest absolute Gasteiger partial charge is 0.345 e. The lowest BCUT2D eigenvalue weighted by Crippen LogP contribution is -1.91. The molecular weight excluding hydrogens is 164 g/mol. The second-order valence-corrected chi connectivity index (χ2v) is 1.64. The Labute approximate surface area is 48.4 Å². The van der Waals surface area contributed by atoms with Crippen molar-refractivity contribution in [1.82, 2.24) is 0 Å². The molecule has 0 aromatic heterocycles. The van der Waals surface area contributed by atoms with Crippen molar-refractivity contribution in [2.75, 3.05) is 0 Å². The summed E-state index contributed by atoms with van der Waals surface area (Å²) in [6, 6.07) is 0. The summed E-state index contributed by atoms with van der Waals surface area (Å²) in [5.41, 5.74) is 0. The zero-order valence-corrected chi connectivity index (χ0v) is 4.84. The second-order valence-electron chi connectivity index (χ2n) is 0.782. The third-order valence-electron chi connectivity index (χ3n) is 0.318. The fraction of sp³-hybridized carbons (Fsp3) is 0. The molecule has 0 atom stereocenters. The number of halogens is 1. The normalized spacial score (nSPS) is 11.3. The first-order chi connectivity index (χ1) is 3.18. The molecule has 0 bridgehead atoms. The summed E-state index contributed by atoms with van der Waals surface area (Å²) in [5, 5.41) is 15.8. The Morgan fingerprint density at radius 2 is 2.14 bits per heavy atom. The first-order valence-electron chi connectivity index (χ1n) is 1.41. The van der Waals surface area contributed by atoms with Crippen LogP contribution < -0.4 is 0 Å². The molecule has 0 spiro atoms. The van der Waals surface area contributed by atoms with Gasteiger partial charge in [0.1, 0.15) is 10.7 Å². The number of aliphatic hydroxyl groups is 1. The minimum atomic E-state index is -1.18. The van der Waals surface area contributed by atoms with E-state index in [0.29, 0.717) is 6.26 Å². The molecule has 0 rings (SSSR count). The lowest BCUT2D eigenvalue weighted by molar-refractivity contribution is -0.131. The number of carboxylic acid groups (broad SMARTS) is 1. The average Bonchev–Trinajstić information content (AvgIpc) is 1.65. The Morgan fingerprint density at radius 3 is 2.14 bits per heavy atom. The van der Waals surface area contributed by atoms with Crippen molar-refractivity contribution in [3.8, 4) is 0 Å². The molecule has 0 unspecified atom stereocenters. The molecule has 0 heterocycles. The van der Waals surface area contributed by atoms with Crippen LogP contribution in [0.1, 0.15) is 0 Å². The molecule has 0 aliphatic carbocycles. The van der Waals surface area contributed by atoms with Gasteiger partial charge in [-0.3, -0.25) is 0 Å². The third-order valence-corrected chi connectivity index (χ3v) is 0.862. The van der Waals surface area contributed by atoms with Gasteiger partial charge in [0.05, 0.1) is 0 Å². The van der Waals surface area contributed by atoms with E-state index in [1.165, 1.54) is 0 Å². The van der Waals surface area contributed by atoms with Gasteiger partial charge in [0.15, 0.2) is 0 Å². The van der Waals surface area contributed by atoms with E-state index in [0.717, 1.165) is 0 Å². The van der Waals surface area contributed by atoms with Crippen LogP contribution in [0.25, 0.3) is 0 Å². The molecule has 0 saturated carbocycles. The maximum atomic E-state index is 9.66. The van der Waals surface area contributed by atoms with Gasteiger partial charge < -0.3 is 10.2 Å². The Balaban J connectivity index is 3.82. The molecule has 0 saturated heterocycles. The number of carboxylic acids is 1. The summed E-state index contributed by atoms with van der Waals surface area (Å²) >= 11 is 2.55. The standard InChI is InChI=1S/C3H3BrO3/c4-2(1-5)3(6)7/h1,5H,(H,6,7)/b2-1-. The Bertz CT molecular complexity index is 107. The van der Waals surface area contributed by atoms with Gasteiger partial charge in [-0.05, 0) is 15.9 Å². The summed E-state index contributed by atoms with van der Waals surface area (Å²) in [4.78, 5) is 9.66. The van der Waals surface area contributed by atoms with E-state index < -0.39 is 5.97 Å². The third kappa shape index (κ3) is 2.22. The fourth-order valence-corrected chi connectivity index (χ4v) is 0.0552. The monoisotopic (exact) mass is 166 g/mol. The molecule has 40 valence electrons. The van der Waals surface area contributed by atoms with E-state index in [9.17, 15) is 4.79 Å². The van der Waals surface area contributed by atoms with Crippen molar-refractivity contribution in [1.29, 1.82) is 0 Å². The van der Waals surface area contributed by atoms with Crippen molar-refractivity contribution in [3.05, 3.63) is 10.7 Å². The highest BCUT2D eigenvalue weighted by molar-refractivity contribution is 9.12. The molecule has 0 radical (unpaired) electrons. The van der Waals surface area contributed by atoms with Crippen molar-refractivity contribution in [2.45, 2.75) is 0 Å². The number of hydrogen-bond donors (Lipinski definition) is 2. The summed E-state index contributed by atoms with van der Waals surface area (Å²) < 4.78 is -0.243. The van der Waals surface area contributed by atoms with Crippen LogP contribution in [0.2, 0.25) is 0 Å². The maximum Gasteiger partial charge on any atom is 0.345 e. The van der Waals surface area contributed by atoms with E-state index in [1.807, 2.05) is 0 Å². The van der Waals surface area contributed by atoms with Gasteiger partial charge in [-0.1, -0.05) is 0 Å². The van der Waals surface area contributed by atoms with Crippen LogP contribution in [0.3, 0.4) is 0 Å². The van der Waals surface area contributed by atoms with Gasteiger partial charge in [-0.15, -0.1) is 0 Å². The predicted molar refractivity (Wildman–Crippen MR) is 27.3 cm³/mol. The zero-order valence-electron chi connectivity index (χ0n) is 3.26. The molecule has 7 heavy (non-hydrogen) atoms. The Kier molecular flexibility index (Phi) is 2.44. The van der Waals surface area contributed by atoms with Crippen LogP contribution in [-0.2, 0) is 4.79 Å². The summed E-state index contributed by atoms with van der Waals surface area (Å²) in [5.74, 6) is -1.18. The second kappa shape index (κ2) is 2.63. The van der Waals surface area contributed by atoms with E-state index in [2.05, 4.69) is 15.9 Å². The van der Waals surface area contributed by atoms with Crippen LogP contribution in [0.15, 0.2) is 10.7 Å². The fourth-order valence-electron chi connectivity index (χ4n) is 0.0552. The first kappa shape index (κ1) is 6.49. The van der Waals surface area contributed by atoms with Crippen LogP contribution in [0.4, 0.5) is 0 Å². The van der Waals surface area contributed by atoms with Gasteiger partial charge in [-0.2, -0.15) is 0 Å². The maximum absolute atomic E-state index is 9.66. The van der Waals surface area contributed by atoms with Crippen molar-refractivity contribution in [3.63, 3.8) is 0 Å². The molecule has 0 amide bonds. The highest BCUT2D eigenvalue weighted by Gasteiger charge is 1.98. The van der Waals surface area contributed by atoms with Crippen molar-refractivity contribution >= 4 is 21.9 Å². The SMILES string of the molecule is O=C(O)/C(Br)=C/O. The minimum absolute atomic E-state index is 0.243. The molecule has 3 nitrogen and oxygen atoms in total. The van der Waals surface area contributed by atoms with E-state index >= 15 is 0 Å². The average molecular weight is 167 g/mol. The molecule has 4 heteroatoms. The van der Waals surface area contributed by atoms with Crippen LogP contribution in [0.5, 0.6) is 0 Å². The lowest BCUT2D eigenvalue weighted by Gasteiger charge is -1.80. The highest BCUT2D eigenvalue weighted by atomic mass is 79.9. The number of aliphatic hydroxyl groups excluding tert-OH is 1. The molecule has 0 aliphatic heterocycles. The lowest BCUT2D eigenvalue weighted by atomic mass is 10.6. The quantitative estimate of drug-likeness (QED) is 0.449. The van der Waals surface area contributed by atoms with E-state index in [-0.39, 0.29) is 4.48 Å². The number of rotatable bonds is 1. The van der Waals surface area contributed by atoms with Crippen molar-refractivity contribution < 1.29 is 15.0 Å². The predicted octanol–water partition coefficient (Wildman–Crippen LogP) is 0.865. The number of carbonyl (C=O) groups is 1. The summed E-state index contributed by atoms with van der Waals surface area (Å²) in [7, 11) is 0. The molecular formula is C3H3BrO3. The number of aliphatic carboxylic acids is 1. The van der Waals surface area contributed by atoms with Crippen LogP contribution in [0, 0.1) is 0 Å². The largest absolute Gasteiger partial charge is 0.514 e. The summed E-state index contributed by atoms with van der Waals surface area (Å²) in [6.45, 7) is 0. The van der Waals surface area contributed by atoms with Gasteiger partial charge in [0, 0.05) is 0 Å². The minimum Gasteiger partial charge on any atom is -0.514 e. The topological polar surface area (TPSA) is 57.5 Å². The Morgan fingerprint density at radius 1 is 1.71 bits per heavy atom. The van der Waals surface area contributed by atoms with Gasteiger partial charge in [0.25, 0.3) is 0 Å². The Hall–Kier alpha value is -0.510.